The minimum absolute atomic E-state index is 0.0135. The normalized spacial score (nSPS) is 26.1. The zero-order valence-electron chi connectivity index (χ0n) is 16.3. The second-order valence-electron chi connectivity index (χ2n) is 8.23. The molecule has 2 heterocycles. The van der Waals surface area contributed by atoms with Crippen molar-refractivity contribution in [1.29, 1.82) is 0 Å². The van der Waals surface area contributed by atoms with Gasteiger partial charge in [-0.05, 0) is 18.4 Å². The van der Waals surface area contributed by atoms with E-state index in [2.05, 4.69) is 5.32 Å². The van der Waals surface area contributed by atoms with Gasteiger partial charge in [-0.3, -0.25) is 4.79 Å². The summed E-state index contributed by atoms with van der Waals surface area (Å²) in [5, 5.41) is 13.2. The van der Waals surface area contributed by atoms with E-state index >= 15 is 0 Å². The number of nitrogens with zero attached hydrogens (tertiary/aromatic N) is 2. The molecule has 2 aliphatic heterocycles. The molecule has 1 spiro atoms. The average Bonchev–Trinajstić information content (AvgIpc) is 3.14. The predicted octanol–water partition coefficient (Wildman–Crippen LogP) is 1.33. The average molecular weight is 387 g/mol. The van der Waals surface area contributed by atoms with E-state index in [1.54, 1.807) is 9.80 Å². The Hall–Kier alpha value is -2.12. The maximum absolute atomic E-state index is 13.1. The van der Waals surface area contributed by atoms with Gasteiger partial charge in [0.05, 0.1) is 18.2 Å². The lowest BCUT2D eigenvalue weighted by Crippen LogP contribution is -2.87. The molecule has 3 amide bonds. The van der Waals surface area contributed by atoms with E-state index in [-0.39, 0.29) is 43.2 Å². The summed E-state index contributed by atoms with van der Waals surface area (Å²) in [6.07, 6.45) is 4.31. The summed E-state index contributed by atoms with van der Waals surface area (Å²) >= 11 is 0. The maximum atomic E-state index is 13.1. The third kappa shape index (κ3) is 3.06. The van der Waals surface area contributed by atoms with Crippen LogP contribution in [0.15, 0.2) is 30.3 Å². The van der Waals surface area contributed by atoms with Crippen LogP contribution in [0.2, 0.25) is 0 Å². The number of aliphatic hydroxyl groups is 1. The minimum atomic E-state index is -0.458. The smallest absolute Gasteiger partial charge is 0.318 e. The molecule has 2 atom stereocenters. The van der Waals surface area contributed by atoms with Gasteiger partial charge in [0.15, 0.2) is 0 Å². The highest BCUT2D eigenvalue weighted by atomic mass is 16.5. The highest BCUT2D eigenvalue weighted by Gasteiger charge is 2.68. The van der Waals surface area contributed by atoms with Crippen molar-refractivity contribution in [2.24, 2.45) is 0 Å². The van der Waals surface area contributed by atoms with Crippen LogP contribution in [0.3, 0.4) is 0 Å². The molecule has 3 fully saturated rings. The van der Waals surface area contributed by atoms with Gasteiger partial charge in [-0.25, -0.2) is 4.79 Å². The molecule has 1 saturated carbocycles. The number of methoxy groups -OCH3 is 1. The van der Waals surface area contributed by atoms with Crippen LogP contribution < -0.4 is 5.32 Å². The molecular formula is C21H29N3O4. The van der Waals surface area contributed by atoms with Gasteiger partial charge in [-0.15, -0.1) is 0 Å². The molecule has 1 aromatic carbocycles. The van der Waals surface area contributed by atoms with Crippen LogP contribution in [0, 0.1) is 0 Å². The molecule has 3 aliphatic rings. The lowest BCUT2D eigenvalue weighted by Gasteiger charge is -2.70. The Bertz CT molecular complexity index is 714. The molecule has 7 heteroatoms. The van der Waals surface area contributed by atoms with Gasteiger partial charge in [0.1, 0.15) is 6.61 Å². The minimum Gasteiger partial charge on any atom is -0.394 e. The Balaban J connectivity index is 1.57. The molecule has 0 unspecified atom stereocenters. The molecule has 2 N–H and O–H groups in total. The molecular weight excluding hydrogens is 358 g/mol. The number of benzene rings is 1. The highest BCUT2D eigenvalue weighted by Crippen LogP contribution is 2.53. The summed E-state index contributed by atoms with van der Waals surface area (Å²) in [7, 11) is 1.51. The largest absolute Gasteiger partial charge is 0.394 e. The maximum Gasteiger partial charge on any atom is 0.318 e. The molecule has 2 saturated heterocycles. The van der Waals surface area contributed by atoms with Crippen LogP contribution >= 0.6 is 0 Å². The zero-order chi connectivity index (χ0) is 19.7. The molecule has 7 nitrogen and oxygen atoms in total. The summed E-state index contributed by atoms with van der Waals surface area (Å²) in [6.45, 7) is 0.905. The number of hydrogen-bond acceptors (Lipinski definition) is 4. The number of likely N-dealkylation sites (tertiary alicyclic amines) is 2. The summed E-state index contributed by atoms with van der Waals surface area (Å²) in [5.41, 5.74) is 0.645. The van der Waals surface area contributed by atoms with Crippen molar-refractivity contribution in [1.82, 2.24) is 15.1 Å². The van der Waals surface area contributed by atoms with Gasteiger partial charge in [-0.1, -0.05) is 43.2 Å². The summed E-state index contributed by atoms with van der Waals surface area (Å²) in [6, 6.07) is 9.83. The SMILES string of the molecule is COCC(=O)N1CC2(C1)[C@H](c1ccccc1)[C@H](CO)N2C(=O)NC1CCCC1. The first kappa shape index (κ1) is 19.2. The van der Waals surface area contributed by atoms with Crippen LogP contribution in [0.25, 0.3) is 0 Å². The Morgan fingerprint density at radius 1 is 1.21 bits per heavy atom. The van der Waals surface area contributed by atoms with Gasteiger partial charge < -0.3 is 25.0 Å². The van der Waals surface area contributed by atoms with Gasteiger partial charge in [0, 0.05) is 32.2 Å². The molecule has 0 aromatic heterocycles. The monoisotopic (exact) mass is 387 g/mol. The van der Waals surface area contributed by atoms with Gasteiger partial charge in [-0.2, -0.15) is 0 Å². The first-order valence-corrected chi connectivity index (χ1v) is 10.1. The van der Waals surface area contributed by atoms with E-state index in [9.17, 15) is 14.7 Å². The Labute approximate surface area is 165 Å². The van der Waals surface area contributed by atoms with E-state index in [0.29, 0.717) is 13.1 Å². The predicted molar refractivity (Wildman–Crippen MR) is 104 cm³/mol. The van der Waals surface area contributed by atoms with Crippen LogP contribution in [0.4, 0.5) is 4.79 Å². The van der Waals surface area contributed by atoms with E-state index in [0.717, 1.165) is 31.2 Å². The first-order valence-electron chi connectivity index (χ1n) is 10.1. The fourth-order valence-corrected chi connectivity index (χ4v) is 5.31. The molecule has 1 aromatic rings. The quantitative estimate of drug-likeness (QED) is 0.799. The Kier molecular flexibility index (Phi) is 5.29. The van der Waals surface area contributed by atoms with E-state index in [1.807, 2.05) is 30.3 Å². The lowest BCUT2D eigenvalue weighted by atomic mass is 9.61. The number of rotatable bonds is 5. The van der Waals surface area contributed by atoms with Crippen molar-refractivity contribution < 1.29 is 19.4 Å². The first-order chi connectivity index (χ1) is 13.6. The van der Waals surface area contributed by atoms with Crippen molar-refractivity contribution in [2.75, 3.05) is 33.4 Å². The fourth-order valence-electron chi connectivity index (χ4n) is 5.31. The molecule has 0 bridgehead atoms. The molecule has 4 rings (SSSR count). The third-order valence-corrected chi connectivity index (χ3v) is 6.57. The van der Waals surface area contributed by atoms with Crippen molar-refractivity contribution in [2.45, 2.75) is 49.2 Å². The molecule has 28 heavy (non-hydrogen) atoms. The second kappa shape index (κ2) is 7.72. The fraction of sp³-hybridized carbons (Fsp3) is 0.619. The van der Waals surface area contributed by atoms with Crippen LogP contribution in [0.5, 0.6) is 0 Å². The lowest BCUT2D eigenvalue weighted by molar-refractivity contribution is -0.179. The highest BCUT2D eigenvalue weighted by molar-refractivity contribution is 5.82. The van der Waals surface area contributed by atoms with Crippen molar-refractivity contribution in [3.8, 4) is 0 Å². The number of carbonyl (C=O) groups excluding carboxylic acids is 2. The number of urea groups is 1. The van der Waals surface area contributed by atoms with Crippen molar-refractivity contribution >= 4 is 11.9 Å². The summed E-state index contributed by atoms with van der Waals surface area (Å²) in [5.74, 6) is -0.0526. The second-order valence-corrected chi connectivity index (χ2v) is 8.23. The number of aliphatic hydroxyl groups excluding tert-OH is 1. The number of hydrogen-bond donors (Lipinski definition) is 2. The number of carbonyl (C=O) groups is 2. The summed E-state index contributed by atoms with van der Waals surface area (Å²) in [4.78, 5) is 28.9. The number of amides is 3. The molecule has 1 aliphatic carbocycles. The molecule has 152 valence electrons. The van der Waals surface area contributed by atoms with E-state index in [1.165, 1.54) is 7.11 Å². The van der Waals surface area contributed by atoms with Crippen molar-refractivity contribution in [3.63, 3.8) is 0 Å². The Morgan fingerprint density at radius 2 is 1.89 bits per heavy atom. The van der Waals surface area contributed by atoms with Crippen LogP contribution in [-0.4, -0.2) is 77.9 Å². The number of nitrogens with one attached hydrogen (secondary N) is 1. The summed E-state index contributed by atoms with van der Waals surface area (Å²) < 4.78 is 4.97. The van der Waals surface area contributed by atoms with E-state index < -0.39 is 5.54 Å². The van der Waals surface area contributed by atoms with Crippen molar-refractivity contribution in [3.05, 3.63) is 35.9 Å². The van der Waals surface area contributed by atoms with Crippen LogP contribution in [0.1, 0.15) is 37.2 Å². The van der Waals surface area contributed by atoms with Gasteiger partial charge in [0.25, 0.3) is 0 Å². The zero-order valence-corrected chi connectivity index (χ0v) is 16.3. The van der Waals surface area contributed by atoms with Gasteiger partial charge >= 0.3 is 6.03 Å². The van der Waals surface area contributed by atoms with Crippen LogP contribution in [-0.2, 0) is 9.53 Å². The molecule has 0 radical (unpaired) electrons. The standard InChI is InChI=1S/C21H29N3O4/c1-28-12-18(26)23-13-21(14-23)19(15-7-3-2-4-8-15)17(11-25)24(21)20(27)22-16-9-5-6-10-16/h2-4,7-8,16-17,19,25H,5-6,9-14H2,1H3,(H,22,27)/t17-,19+/m0/s1. The third-order valence-electron chi connectivity index (χ3n) is 6.57. The Morgan fingerprint density at radius 3 is 2.50 bits per heavy atom. The van der Waals surface area contributed by atoms with E-state index in [4.69, 9.17) is 4.74 Å². The van der Waals surface area contributed by atoms with Gasteiger partial charge in [0.2, 0.25) is 5.91 Å². The topological polar surface area (TPSA) is 82.1 Å². The number of ether oxygens (including phenoxy) is 1.